The van der Waals surface area contributed by atoms with Crippen LogP contribution in [-0.2, 0) is 58.3 Å². The van der Waals surface area contributed by atoms with E-state index in [4.69, 9.17) is 4.42 Å². The van der Waals surface area contributed by atoms with Crippen LogP contribution in [0.4, 0.5) is 0 Å². The average Bonchev–Trinajstić information content (AvgIpc) is 3.83. The van der Waals surface area contributed by atoms with Gasteiger partial charge >= 0.3 is 20.1 Å². The van der Waals surface area contributed by atoms with Gasteiger partial charge in [0.25, 0.3) is 0 Å². The summed E-state index contributed by atoms with van der Waals surface area (Å²) in [6.07, 6.45) is -14.6. The molecule has 0 saturated heterocycles. The molecule has 9 aromatic rings. The number of fused-ring (bicyclic) bond motifs is 3. The Morgan fingerprint density at radius 3 is 1.64 bits per heavy atom. The molecule has 0 N–H and O–H groups in total. The van der Waals surface area contributed by atoms with E-state index in [0.29, 0.717) is 61.6 Å². The number of furan rings is 1. The van der Waals surface area contributed by atoms with Crippen molar-refractivity contribution in [2.75, 3.05) is 0 Å². The van der Waals surface area contributed by atoms with Crippen molar-refractivity contribution in [2.24, 2.45) is 0 Å². The monoisotopic (exact) mass is 1020 g/mol. The van der Waals surface area contributed by atoms with Crippen LogP contribution >= 0.6 is 0 Å². The van der Waals surface area contributed by atoms with Gasteiger partial charge in [-0.3, -0.25) is 0 Å². The van der Waals surface area contributed by atoms with E-state index in [1.165, 1.54) is 24.5 Å². The smallest absolute Gasteiger partial charge is 0.501 e. The zero-order valence-corrected chi connectivity index (χ0v) is 37.9. The molecule has 316 valence electrons. The molecule has 9 rings (SSSR count). The first-order valence-corrected chi connectivity index (χ1v) is 20.7. The van der Waals surface area contributed by atoms with E-state index in [1.807, 2.05) is 45.9 Å². The van der Waals surface area contributed by atoms with Crippen LogP contribution in [0.15, 0.2) is 144 Å². The summed E-state index contributed by atoms with van der Waals surface area (Å²) in [6.45, 7) is 7.30. The van der Waals surface area contributed by atoms with E-state index in [2.05, 4.69) is 39.2 Å². The summed E-state index contributed by atoms with van der Waals surface area (Å²) >= 11 is 0. The minimum atomic E-state index is -3.15. The van der Waals surface area contributed by atoms with Crippen LogP contribution in [0.2, 0.25) is 0 Å². The summed E-state index contributed by atoms with van der Waals surface area (Å²) in [6, 6.07) is 43.4. The summed E-state index contributed by atoms with van der Waals surface area (Å²) < 4.78 is 122. The first kappa shape index (κ1) is 31.4. The van der Waals surface area contributed by atoms with Gasteiger partial charge in [0.2, 0.25) is 0 Å². The van der Waals surface area contributed by atoms with Crippen molar-refractivity contribution >= 4 is 21.9 Å². The van der Waals surface area contributed by atoms with E-state index >= 15 is 0 Å². The molecule has 0 amide bonds. The second kappa shape index (κ2) is 19.9. The van der Waals surface area contributed by atoms with Gasteiger partial charge in [0.05, 0.1) is 17.2 Å². The van der Waals surface area contributed by atoms with Crippen molar-refractivity contribution in [1.82, 2.24) is 15.0 Å². The predicted octanol–water partition coefficient (Wildman–Crippen LogP) is 13.6. The molecule has 0 saturated carbocycles. The Labute approximate surface area is 407 Å². The molecule has 0 fully saturated rings. The standard InChI is InChI=1S/C58H49N4O.Ir/c1-38(2)52-32-55(45-12-7-5-8-13-45)61-36-47(52)24-20-42-28-41(29-43(30-42)21-25-48-37-62-56(33-53(48)39(3)4)46-14-9-6-10-15-46)19-18-40-23-27-54(60-35-40)51-17-11-16-50-49-26-22-44(34-59)31-57(49)63-58(50)51;/h5-12,14,16,22-23,26-33,35-39H,18-21,24-25H2,1-4H3;/q-3;+3/i18D2,19D2,20D2,21D2,24D2,25D2;. The fourth-order valence-electron chi connectivity index (χ4n) is 7.39. The first-order chi connectivity index (χ1) is 35.3. The van der Waals surface area contributed by atoms with E-state index < -0.39 is 54.9 Å². The molecule has 0 unspecified atom stereocenters. The number of nitriles is 1. The predicted molar refractivity (Wildman–Crippen MR) is 254 cm³/mol. The van der Waals surface area contributed by atoms with Crippen LogP contribution in [0.3, 0.4) is 0 Å². The average molecular weight is 1020 g/mol. The molecule has 5 aromatic carbocycles. The first-order valence-electron chi connectivity index (χ1n) is 26.7. The summed E-state index contributed by atoms with van der Waals surface area (Å²) in [4.78, 5) is 13.6. The van der Waals surface area contributed by atoms with E-state index in [-0.39, 0.29) is 48.6 Å². The fourth-order valence-corrected chi connectivity index (χ4v) is 7.39. The Balaban J connectivity index is 0.00000765. The molecule has 0 aliphatic carbocycles. The molecule has 0 aliphatic rings. The maximum atomic E-state index is 9.70. The van der Waals surface area contributed by atoms with Gasteiger partial charge in [0.15, 0.2) is 0 Å². The van der Waals surface area contributed by atoms with Crippen LogP contribution in [0.5, 0.6) is 0 Å². The minimum Gasteiger partial charge on any atom is -0.501 e. The van der Waals surface area contributed by atoms with Crippen LogP contribution in [0.25, 0.3) is 55.7 Å². The molecule has 0 spiro atoms. The third kappa shape index (κ3) is 9.83. The molecule has 0 atom stereocenters. The SMILES string of the molecule is [2H]C([2H])(c1ccc(-c2[c-]ccc3c2oc2cc(C#N)ccc23)nc1)C([2H])([2H])c1cc(C([2H])([2H])C([2H])([2H])c2cnc(-c3[c-]cccc3)cc2C(C)C)cc(C([2H])([2H])C([2H])([2H])c2cnc(-c3[c-]cccc3)cc2C(C)C)c1.[Ir+3]. The number of hydrogen-bond acceptors (Lipinski definition) is 5. The second-order valence-corrected chi connectivity index (χ2v) is 15.7. The molecule has 0 aliphatic heterocycles. The summed E-state index contributed by atoms with van der Waals surface area (Å²) in [7, 11) is 0. The van der Waals surface area contributed by atoms with Crippen molar-refractivity contribution in [3.63, 3.8) is 0 Å². The zero-order chi connectivity index (χ0) is 54.0. The van der Waals surface area contributed by atoms with Crippen molar-refractivity contribution in [3.05, 3.63) is 208 Å². The Kier molecular flexibility index (Phi) is 9.75. The number of hydrogen-bond donors (Lipinski definition) is 0. The maximum Gasteiger partial charge on any atom is 3.00 e. The topological polar surface area (TPSA) is 75.6 Å². The van der Waals surface area contributed by atoms with Crippen LogP contribution in [0, 0.1) is 29.5 Å². The summed E-state index contributed by atoms with van der Waals surface area (Å²) in [5, 5.41) is 10.9. The number of rotatable bonds is 14. The van der Waals surface area contributed by atoms with Gasteiger partial charge in [-0.15, -0.1) is 90.0 Å². The molecule has 4 heterocycles. The van der Waals surface area contributed by atoms with Crippen LogP contribution in [0.1, 0.15) is 106 Å². The molecule has 0 radical (unpaired) electrons. The Morgan fingerprint density at radius 2 is 1.12 bits per heavy atom. The Morgan fingerprint density at radius 1 is 0.562 bits per heavy atom. The molecule has 64 heavy (non-hydrogen) atoms. The van der Waals surface area contributed by atoms with Crippen LogP contribution < -0.4 is 0 Å². The van der Waals surface area contributed by atoms with Gasteiger partial charge in [-0.2, -0.15) is 5.26 Å². The van der Waals surface area contributed by atoms with Crippen molar-refractivity contribution in [1.29, 1.82) is 5.26 Å². The Bertz CT molecular complexity index is 3520. The number of aromatic nitrogens is 3. The number of pyridine rings is 3. The molecule has 6 heteroatoms. The third-order valence-electron chi connectivity index (χ3n) is 10.6. The maximum absolute atomic E-state index is 9.70. The number of aryl methyl sites for hydroxylation is 6. The Hall–Kier alpha value is -6.51. The van der Waals surface area contributed by atoms with Crippen molar-refractivity contribution in [3.8, 4) is 39.8 Å². The summed E-state index contributed by atoms with van der Waals surface area (Å²) in [5.74, 6) is -0.698. The van der Waals surface area contributed by atoms with Gasteiger partial charge < -0.3 is 19.4 Å². The molecule has 5 nitrogen and oxygen atoms in total. The molecular weight excluding hydrogens is 961 g/mol. The van der Waals surface area contributed by atoms with Gasteiger partial charge in [0, 0.05) is 40.4 Å². The molecule has 0 bridgehead atoms. The van der Waals surface area contributed by atoms with Gasteiger partial charge in [-0.05, 0) is 124 Å². The third-order valence-corrected chi connectivity index (χ3v) is 10.6. The quantitative estimate of drug-likeness (QED) is 0.101. The number of nitrogens with zero attached hydrogens (tertiary/aromatic N) is 4. The fraction of sp³-hybridized carbons (Fsp3) is 0.207. The van der Waals surface area contributed by atoms with Crippen molar-refractivity contribution in [2.45, 2.75) is 77.8 Å². The van der Waals surface area contributed by atoms with Gasteiger partial charge in [0.1, 0.15) is 5.58 Å². The largest absolute Gasteiger partial charge is 3.00 e. The van der Waals surface area contributed by atoms with Gasteiger partial charge in [-0.25, -0.2) is 0 Å². The van der Waals surface area contributed by atoms with Crippen LogP contribution in [-0.4, -0.2) is 15.0 Å². The molecule has 4 aromatic heterocycles. The van der Waals surface area contributed by atoms with E-state index in [9.17, 15) is 21.7 Å². The second-order valence-electron chi connectivity index (χ2n) is 15.7. The summed E-state index contributed by atoms with van der Waals surface area (Å²) in [5.41, 5.74) is 2.85. The zero-order valence-electron chi connectivity index (χ0n) is 47.5. The minimum absolute atomic E-state index is 0. The normalized spacial score (nSPS) is 15.5. The number of benzene rings is 5. The van der Waals surface area contributed by atoms with E-state index in [1.54, 1.807) is 72.8 Å². The van der Waals surface area contributed by atoms with Gasteiger partial charge in [-0.1, -0.05) is 87.2 Å². The van der Waals surface area contributed by atoms with Crippen molar-refractivity contribution < 1.29 is 41.0 Å². The molecular formula is C58H49IrN4O. The van der Waals surface area contributed by atoms with E-state index in [0.717, 1.165) is 35.2 Å².